The fourth-order valence-corrected chi connectivity index (χ4v) is 3.18. The molecule has 4 nitrogen and oxygen atoms in total. The number of carbonyl (C=O) groups excluding carboxylic acids is 2. The minimum Gasteiger partial charge on any atom is -0.352 e. The average Bonchev–Trinajstić information content (AvgIpc) is 2.60. The first-order chi connectivity index (χ1) is 12.0. The molecule has 0 aromatic heterocycles. The summed E-state index contributed by atoms with van der Waals surface area (Å²) < 4.78 is 0. The zero-order valence-electron chi connectivity index (χ0n) is 14.5. The van der Waals surface area contributed by atoms with Gasteiger partial charge in [0.2, 0.25) is 11.8 Å². The van der Waals surface area contributed by atoms with E-state index < -0.39 is 0 Å². The van der Waals surface area contributed by atoms with Crippen LogP contribution in [0.4, 0.5) is 0 Å². The molecule has 2 amide bonds. The highest BCUT2D eigenvalue weighted by atomic mass is 16.2. The number of fused-ring (bicyclic) bond motifs is 1. The summed E-state index contributed by atoms with van der Waals surface area (Å²) in [6, 6.07) is 15.7. The Kier molecular flexibility index (Phi) is 4.98. The summed E-state index contributed by atoms with van der Waals surface area (Å²) in [7, 11) is 0. The summed E-state index contributed by atoms with van der Waals surface area (Å²) in [6.45, 7) is 4.04. The number of nitrogens with zero attached hydrogens (tertiary/aromatic N) is 1. The van der Waals surface area contributed by atoms with Crippen molar-refractivity contribution in [2.45, 2.75) is 32.9 Å². The normalized spacial score (nSPS) is 15.6. The fourth-order valence-electron chi connectivity index (χ4n) is 3.18. The van der Waals surface area contributed by atoms with Crippen LogP contribution in [0.25, 0.3) is 6.08 Å². The quantitative estimate of drug-likeness (QED) is 0.929. The van der Waals surface area contributed by atoms with Crippen LogP contribution in [-0.4, -0.2) is 16.7 Å². The van der Waals surface area contributed by atoms with Crippen LogP contribution >= 0.6 is 0 Å². The SMILES string of the molecule is CC(=O)N1C=Cc2ccccc2C1CC(=O)NCc1cccc(C)c1. The first kappa shape index (κ1) is 17.0. The lowest BCUT2D eigenvalue weighted by Crippen LogP contribution is -2.35. The summed E-state index contributed by atoms with van der Waals surface area (Å²) in [4.78, 5) is 26.1. The molecule has 1 N–H and O–H groups in total. The third kappa shape index (κ3) is 3.97. The van der Waals surface area contributed by atoms with Crippen LogP contribution in [0.15, 0.2) is 54.7 Å². The molecule has 2 aromatic carbocycles. The molecule has 0 spiro atoms. The van der Waals surface area contributed by atoms with Gasteiger partial charge in [-0.2, -0.15) is 0 Å². The number of carbonyl (C=O) groups is 2. The van der Waals surface area contributed by atoms with Crippen LogP contribution in [0.2, 0.25) is 0 Å². The molecular weight excluding hydrogens is 312 g/mol. The first-order valence-corrected chi connectivity index (χ1v) is 8.43. The number of hydrogen-bond donors (Lipinski definition) is 1. The van der Waals surface area contributed by atoms with E-state index in [1.54, 1.807) is 11.1 Å². The average molecular weight is 334 g/mol. The van der Waals surface area contributed by atoms with Gasteiger partial charge >= 0.3 is 0 Å². The molecule has 1 aliphatic heterocycles. The van der Waals surface area contributed by atoms with Gasteiger partial charge in [-0.3, -0.25) is 9.59 Å². The van der Waals surface area contributed by atoms with Gasteiger partial charge in [0.25, 0.3) is 0 Å². The van der Waals surface area contributed by atoms with Crippen LogP contribution in [0.5, 0.6) is 0 Å². The van der Waals surface area contributed by atoms with Crippen molar-refractivity contribution in [2.24, 2.45) is 0 Å². The second-order valence-electron chi connectivity index (χ2n) is 6.36. The zero-order chi connectivity index (χ0) is 17.8. The van der Waals surface area contributed by atoms with Gasteiger partial charge < -0.3 is 10.2 Å². The number of amides is 2. The van der Waals surface area contributed by atoms with Crippen molar-refractivity contribution < 1.29 is 9.59 Å². The van der Waals surface area contributed by atoms with E-state index >= 15 is 0 Å². The molecule has 1 heterocycles. The maximum absolute atomic E-state index is 12.5. The Labute approximate surface area is 148 Å². The van der Waals surface area contributed by atoms with Gasteiger partial charge in [0.05, 0.1) is 12.5 Å². The van der Waals surface area contributed by atoms with Gasteiger partial charge in [-0.15, -0.1) is 0 Å². The lowest BCUT2D eigenvalue weighted by molar-refractivity contribution is -0.130. The second kappa shape index (κ2) is 7.34. The molecule has 1 aliphatic rings. The predicted molar refractivity (Wildman–Crippen MR) is 98.4 cm³/mol. The molecule has 3 rings (SSSR count). The Morgan fingerprint density at radius 1 is 1.12 bits per heavy atom. The van der Waals surface area contributed by atoms with Crippen LogP contribution in [0, 0.1) is 6.92 Å². The van der Waals surface area contributed by atoms with Gasteiger partial charge in [-0.05, 0) is 29.7 Å². The smallest absolute Gasteiger partial charge is 0.223 e. The van der Waals surface area contributed by atoms with Gasteiger partial charge in [-0.1, -0.05) is 54.1 Å². The van der Waals surface area contributed by atoms with Crippen molar-refractivity contribution in [3.05, 3.63) is 77.0 Å². The van der Waals surface area contributed by atoms with Gasteiger partial charge in [0.1, 0.15) is 0 Å². The minimum atomic E-state index is -0.267. The highest BCUT2D eigenvalue weighted by molar-refractivity contribution is 5.81. The molecule has 0 saturated heterocycles. The third-order valence-electron chi connectivity index (χ3n) is 4.42. The number of benzene rings is 2. The molecule has 1 atom stereocenters. The van der Waals surface area contributed by atoms with E-state index in [0.717, 1.165) is 16.7 Å². The monoisotopic (exact) mass is 334 g/mol. The molecular formula is C21H22N2O2. The molecule has 0 radical (unpaired) electrons. The fraction of sp³-hybridized carbons (Fsp3) is 0.238. The summed E-state index contributed by atoms with van der Waals surface area (Å²) in [6.07, 6.45) is 3.92. The van der Waals surface area contributed by atoms with Crippen molar-refractivity contribution in [1.82, 2.24) is 10.2 Å². The molecule has 0 aliphatic carbocycles. The standard InChI is InChI=1S/C21H22N2O2/c1-15-6-5-7-17(12-15)14-22-21(25)13-20-19-9-4-3-8-18(19)10-11-23(20)16(2)24/h3-12,20H,13-14H2,1-2H3,(H,22,25). The Morgan fingerprint density at radius 2 is 1.92 bits per heavy atom. The van der Waals surface area contributed by atoms with Crippen LogP contribution in [0.1, 0.15) is 41.6 Å². The lowest BCUT2D eigenvalue weighted by Gasteiger charge is -2.32. The van der Waals surface area contributed by atoms with Crippen LogP contribution in [-0.2, 0) is 16.1 Å². The topological polar surface area (TPSA) is 49.4 Å². The maximum Gasteiger partial charge on any atom is 0.223 e. The second-order valence-corrected chi connectivity index (χ2v) is 6.36. The largest absolute Gasteiger partial charge is 0.352 e. The van der Waals surface area contributed by atoms with Gasteiger partial charge in [0.15, 0.2) is 0 Å². The van der Waals surface area contributed by atoms with E-state index in [2.05, 4.69) is 11.4 Å². The van der Waals surface area contributed by atoms with Crippen molar-refractivity contribution in [3.8, 4) is 0 Å². The van der Waals surface area contributed by atoms with Gasteiger partial charge in [0, 0.05) is 19.7 Å². The van der Waals surface area contributed by atoms with E-state index in [1.807, 2.05) is 55.5 Å². The minimum absolute atomic E-state index is 0.0668. The molecule has 0 bridgehead atoms. The lowest BCUT2D eigenvalue weighted by atomic mass is 9.93. The number of rotatable bonds is 4. The highest BCUT2D eigenvalue weighted by Gasteiger charge is 2.27. The molecule has 1 unspecified atom stereocenters. The van der Waals surface area contributed by atoms with Crippen LogP contribution in [0.3, 0.4) is 0 Å². The molecule has 2 aromatic rings. The number of hydrogen-bond acceptors (Lipinski definition) is 2. The van der Waals surface area contributed by atoms with Crippen LogP contribution < -0.4 is 5.32 Å². The van der Waals surface area contributed by atoms with Crippen molar-refractivity contribution in [1.29, 1.82) is 0 Å². The maximum atomic E-state index is 12.5. The van der Waals surface area contributed by atoms with Crippen molar-refractivity contribution >= 4 is 17.9 Å². The summed E-state index contributed by atoms with van der Waals surface area (Å²) in [5.74, 6) is -0.134. The zero-order valence-corrected chi connectivity index (χ0v) is 14.5. The molecule has 4 heteroatoms. The van der Waals surface area contributed by atoms with E-state index in [9.17, 15) is 9.59 Å². The van der Waals surface area contributed by atoms with E-state index in [1.165, 1.54) is 12.5 Å². The van der Waals surface area contributed by atoms with E-state index in [-0.39, 0.29) is 24.3 Å². The van der Waals surface area contributed by atoms with Crippen molar-refractivity contribution in [2.75, 3.05) is 0 Å². The Hall–Kier alpha value is -2.88. The summed E-state index contributed by atoms with van der Waals surface area (Å²) in [5, 5.41) is 2.96. The third-order valence-corrected chi connectivity index (χ3v) is 4.42. The Balaban J connectivity index is 1.72. The van der Waals surface area contributed by atoms with E-state index in [4.69, 9.17) is 0 Å². The Morgan fingerprint density at radius 3 is 2.68 bits per heavy atom. The molecule has 25 heavy (non-hydrogen) atoms. The number of nitrogens with one attached hydrogen (secondary N) is 1. The summed E-state index contributed by atoms with van der Waals surface area (Å²) in [5.41, 5.74) is 4.30. The Bertz CT molecular complexity index is 826. The predicted octanol–water partition coefficient (Wildman–Crippen LogP) is 3.58. The first-order valence-electron chi connectivity index (χ1n) is 8.43. The summed E-state index contributed by atoms with van der Waals surface area (Å²) >= 11 is 0. The van der Waals surface area contributed by atoms with E-state index in [0.29, 0.717) is 6.54 Å². The molecule has 128 valence electrons. The molecule has 0 saturated carbocycles. The van der Waals surface area contributed by atoms with Crippen molar-refractivity contribution in [3.63, 3.8) is 0 Å². The number of aryl methyl sites for hydroxylation is 1. The highest BCUT2D eigenvalue weighted by Crippen LogP contribution is 2.32. The van der Waals surface area contributed by atoms with Gasteiger partial charge in [-0.25, -0.2) is 0 Å². The molecule has 0 fully saturated rings.